The first kappa shape index (κ1) is 15.5. The zero-order chi connectivity index (χ0) is 13.8. The van der Waals surface area contributed by atoms with Gasteiger partial charge in [-0.3, -0.25) is 0 Å². The SMILES string of the molecule is CC1CCCC(C(C)(N=C=S)/N=N/C(C)(C)C)C1. The number of hydrogen-bond acceptors (Lipinski definition) is 4. The second-order valence-corrected chi connectivity index (χ2v) is 6.82. The van der Waals surface area contributed by atoms with E-state index in [1.165, 1.54) is 12.8 Å². The topological polar surface area (TPSA) is 37.1 Å². The van der Waals surface area contributed by atoms with E-state index >= 15 is 0 Å². The second kappa shape index (κ2) is 6.03. The van der Waals surface area contributed by atoms with Crippen LogP contribution < -0.4 is 0 Å². The van der Waals surface area contributed by atoms with Gasteiger partial charge < -0.3 is 0 Å². The zero-order valence-corrected chi connectivity index (χ0v) is 13.0. The van der Waals surface area contributed by atoms with Crippen LogP contribution in [0, 0.1) is 11.8 Å². The lowest BCUT2D eigenvalue weighted by molar-refractivity contribution is 0.183. The van der Waals surface area contributed by atoms with Crippen molar-refractivity contribution in [1.29, 1.82) is 0 Å². The third kappa shape index (κ3) is 4.58. The summed E-state index contributed by atoms with van der Waals surface area (Å²) < 4.78 is 0. The highest BCUT2D eigenvalue weighted by Crippen LogP contribution is 2.39. The largest absolute Gasteiger partial charge is 0.200 e. The Bertz CT molecular complexity index is 353. The maximum Gasteiger partial charge on any atom is 0.180 e. The van der Waals surface area contributed by atoms with Crippen LogP contribution in [0.2, 0.25) is 0 Å². The molecule has 1 fully saturated rings. The first-order valence-corrected chi connectivity index (χ1v) is 7.21. The fourth-order valence-corrected chi connectivity index (χ4v) is 2.65. The van der Waals surface area contributed by atoms with Gasteiger partial charge in [-0.25, -0.2) is 0 Å². The van der Waals surface area contributed by atoms with Crippen LogP contribution in [0.15, 0.2) is 15.2 Å². The van der Waals surface area contributed by atoms with Crippen molar-refractivity contribution in [1.82, 2.24) is 0 Å². The van der Waals surface area contributed by atoms with Gasteiger partial charge in [0.05, 0.1) is 10.7 Å². The molecule has 3 atom stereocenters. The average molecular weight is 267 g/mol. The number of rotatable bonds is 3. The van der Waals surface area contributed by atoms with Gasteiger partial charge in [0.2, 0.25) is 0 Å². The maximum absolute atomic E-state index is 4.79. The van der Waals surface area contributed by atoms with Crippen LogP contribution in [0.25, 0.3) is 0 Å². The zero-order valence-electron chi connectivity index (χ0n) is 12.2. The predicted octanol–water partition coefficient (Wildman–Crippen LogP) is 4.88. The Morgan fingerprint density at radius 3 is 2.28 bits per heavy atom. The van der Waals surface area contributed by atoms with Crippen LogP contribution in [0.1, 0.15) is 60.3 Å². The third-order valence-electron chi connectivity index (χ3n) is 3.53. The molecule has 0 bridgehead atoms. The maximum atomic E-state index is 4.79. The Hall–Kier alpha value is -0.600. The van der Waals surface area contributed by atoms with Crippen LogP contribution in [0.3, 0.4) is 0 Å². The molecule has 1 aliphatic rings. The number of isothiocyanates is 1. The van der Waals surface area contributed by atoms with E-state index in [4.69, 9.17) is 12.2 Å². The molecular formula is C14H25N3S. The molecule has 3 nitrogen and oxygen atoms in total. The molecule has 0 aliphatic heterocycles. The molecule has 1 aliphatic carbocycles. The van der Waals surface area contributed by atoms with Crippen molar-refractivity contribution in [3.8, 4) is 0 Å². The van der Waals surface area contributed by atoms with Gasteiger partial charge in [-0.05, 0) is 58.7 Å². The fourth-order valence-electron chi connectivity index (χ4n) is 2.47. The summed E-state index contributed by atoms with van der Waals surface area (Å²) in [6, 6.07) is 0. The van der Waals surface area contributed by atoms with E-state index < -0.39 is 5.66 Å². The van der Waals surface area contributed by atoms with Gasteiger partial charge in [0, 0.05) is 5.92 Å². The van der Waals surface area contributed by atoms with Crippen molar-refractivity contribution in [2.75, 3.05) is 0 Å². The first-order valence-electron chi connectivity index (χ1n) is 6.80. The minimum atomic E-state index is -0.524. The molecule has 102 valence electrons. The van der Waals surface area contributed by atoms with Crippen LogP contribution >= 0.6 is 12.2 Å². The summed E-state index contributed by atoms with van der Waals surface area (Å²) in [6.07, 6.45) is 4.87. The molecule has 0 aromatic heterocycles. The van der Waals surface area contributed by atoms with Crippen LogP contribution in [-0.2, 0) is 0 Å². The van der Waals surface area contributed by atoms with Gasteiger partial charge in [0.15, 0.2) is 5.66 Å². The van der Waals surface area contributed by atoms with Crippen molar-refractivity contribution < 1.29 is 0 Å². The molecule has 0 N–H and O–H groups in total. The third-order valence-corrected chi connectivity index (χ3v) is 3.63. The number of thiocarbonyl (C=S) groups is 1. The molecule has 18 heavy (non-hydrogen) atoms. The highest BCUT2D eigenvalue weighted by molar-refractivity contribution is 7.78. The van der Waals surface area contributed by atoms with Gasteiger partial charge in [-0.2, -0.15) is 15.2 Å². The minimum Gasteiger partial charge on any atom is -0.200 e. The predicted molar refractivity (Wildman–Crippen MR) is 79.2 cm³/mol. The van der Waals surface area contributed by atoms with E-state index in [1.807, 2.05) is 27.7 Å². The minimum absolute atomic E-state index is 0.168. The van der Waals surface area contributed by atoms with Crippen molar-refractivity contribution in [3.63, 3.8) is 0 Å². The van der Waals surface area contributed by atoms with E-state index in [9.17, 15) is 0 Å². The number of nitrogens with zero attached hydrogens (tertiary/aromatic N) is 3. The van der Waals surface area contributed by atoms with E-state index in [1.54, 1.807) is 0 Å². The molecule has 0 spiro atoms. The molecule has 4 heteroatoms. The fraction of sp³-hybridized carbons (Fsp3) is 0.929. The second-order valence-electron chi connectivity index (χ2n) is 6.64. The molecule has 3 unspecified atom stereocenters. The molecule has 1 rings (SSSR count). The summed E-state index contributed by atoms with van der Waals surface area (Å²) >= 11 is 4.79. The summed E-state index contributed by atoms with van der Waals surface area (Å²) in [5.74, 6) is 1.18. The van der Waals surface area contributed by atoms with Gasteiger partial charge in [-0.15, -0.1) is 0 Å². The van der Waals surface area contributed by atoms with Crippen molar-refractivity contribution in [2.45, 2.75) is 71.5 Å². The molecule has 0 radical (unpaired) electrons. The highest BCUT2D eigenvalue weighted by atomic mass is 32.1. The Morgan fingerprint density at radius 2 is 1.78 bits per heavy atom. The van der Waals surface area contributed by atoms with Gasteiger partial charge in [0.25, 0.3) is 0 Å². The molecule has 0 saturated heterocycles. The Balaban J connectivity index is 2.92. The lowest BCUT2D eigenvalue weighted by Crippen LogP contribution is -2.34. The lowest BCUT2D eigenvalue weighted by atomic mass is 9.76. The van der Waals surface area contributed by atoms with E-state index in [2.05, 4.69) is 27.3 Å². The molecular weight excluding hydrogens is 242 g/mol. The summed E-state index contributed by atoms with van der Waals surface area (Å²) in [5, 5.41) is 11.4. The van der Waals surface area contributed by atoms with Crippen LogP contribution in [0.5, 0.6) is 0 Å². The summed E-state index contributed by atoms with van der Waals surface area (Å²) in [7, 11) is 0. The average Bonchev–Trinajstić information content (AvgIpc) is 2.26. The summed E-state index contributed by atoms with van der Waals surface area (Å²) in [6.45, 7) is 10.5. The first-order chi connectivity index (χ1) is 8.27. The van der Waals surface area contributed by atoms with E-state index in [0.29, 0.717) is 5.92 Å². The quantitative estimate of drug-likeness (QED) is 0.408. The van der Waals surface area contributed by atoms with Crippen LogP contribution in [0.4, 0.5) is 0 Å². The normalized spacial score (nSPS) is 28.7. The Kier molecular flexibility index (Phi) is 5.18. The standard InChI is InChI=1S/C14H25N3S/c1-11-7-6-8-12(9-11)14(5,15-10-18)17-16-13(2,3)4/h11-12H,6-9H2,1-5H3/b17-16+. The molecule has 0 heterocycles. The van der Waals surface area contributed by atoms with E-state index in [0.717, 1.165) is 18.8 Å². The van der Waals surface area contributed by atoms with Crippen molar-refractivity contribution >= 4 is 17.4 Å². The van der Waals surface area contributed by atoms with Crippen molar-refractivity contribution in [3.05, 3.63) is 0 Å². The van der Waals surface area contributed by atoms with Gasteiger partial charge in [-0.1, -0.05) is 19.8 Å². The Morgan fingerprint density at radius 1 is 1.11 bits per heavy atom. The lowest BCUT2D eigenvalue weighted by Gasteiger charge is -2.35. The monoisotopic (exact) mass is 267 g/mol. The molecule has 0 amide bonds. The van der Waals surface area contributed by atoms with Crippen LogP contribution in [-0.4, -0.2) is 16.4 Å². The van der Waals surface area contributed by atoms with Gasteiger partial charge >= 0.3 is 0 Å². The summed E-state index contributed by atoms with van der Waals surface area (Å²) in [4.78, 5) is 4.32. The Labute approximate surface area is 116 Å². The molecule has 0 aromatic rings. The molecule has 1 saturated carbocycles. The van der Waals surface area contributed by atoms with E-state index in [-0.39, 0.29) is 5.54 Å². The summed E-state index contributed by atoms with van der Waals surface area (Å²) in [5.41, 5.74) is -0.692. The number of hydrogen-bond donors (Lipinski definition) is 0. The van der Waals surface area contributed by atoms with Gasteiger partial charge in [0.1, 0.15) is 0 Å². The number of azo groups is 1. The number of aliphatic imine (C=N–C) groups is 1. The molecule has 0 aromatic carbocycles. The van der Waals surface area contributed by atoms with Crippen molar-refractivity contribution in [2.24, 2.45) is 27.1 Å². The smallest absolute Gasteiger partial charge is 0.180 e. The highest BCUT2D eigenvalue weighted by Gasteiger charge is 2.37.